The van der Waals surface area contributed by atoms with Gasteiger partial charge in [0.25, 0.3) is 5.91 Å². The number of aryl methyl sites for hydroxylation is 1. The summed E-state index contributed by atoms with van der Waals surface area (Å²) in [5.41, 5.74) is 1.61. The molecule has 1 fully saturated rings. The molecule has 3 aromatic rings. The SMILES string of the molecule is Cc1nc(C2CCN(C(=O)Cc3ccccc3)CCN2C(=O)c2ccccc2)n[nH]1. The smallest absolute Gasteiger partial charge is 0.254 e. The van der Waals surface area contributed by atoms with Crippen molar-refractivity contribution in [1.82, 2.24) is 25.0 Å². The van der Waals surface area contributed by atoms with Gasteiger partial charge >= 0.3 is 0 Å². The molecule has 154 valence electrons. The van der Waals surface area contributed by atoms with E-state index in [1.165, 1.54) is 0 Å². The van der Waals surface area contributed by atoms with E-state index in [0.29, 0.717) is 49.7 Å². The number of benzene rings is 2. The van der Waals surface area contributed by atoms with Gasteiger partial charge in [-0.2, -0.15) is 5.10 Å². The Bertz CT molecular complexity index is 1000. The third kappa shape index (κ3) is 4.40. The Kier molecular flexibility index (Phi) is 5.88. The molecule has 1 aliphatic rings. The minimum Gasteiger partial charge on any atom is -0.341 e. The first-order valence-corrected chi connectivity index (χ1v) is 10.2. The lowest BCUT2D eigenvalue weighted by Crippen LogP contribution is -2.39. The average Bonchev–Trinajstić information content (AvgIpc) is 3.08. The van der Waals surface area contributed by atoms with Gasteiger partial charge in [-0.3, -0.25) is 14.7 Å². The molecule has 7 nitrogen and oxygen atoms in total. The highest BCUT2D eigenvalue weighted by molar-refractivity contribution is 5.94. The van der Waals surface area contributed by atoms with E-state index in [9.17, 15) is 9.59 Å². The third-order valence-corrected chi connectivity index (χ3v) is 5.40. The van der Waals surface area contributed by atoms with Crippen molar-refractivity contribution < 1.29 is 9.59 Å². The molecule has 2 heterocycles. The first-order valence-electron chi connectivity index (χ1n) is 10.2. The van der Waals surface area contributed by atoms with Gasteiger partial charge in [0.2, 0.25) is 5.91 Å². The molecule has 0 radical (unpaired) electrons. The molecular weight excluding hydrogens is 378 g/mol. The highest BCUT2D eigenvalue weighted by Gasteiger charge is 2.33. The molecule has 0 bridgehead atoms. The number of hydrogen-bond acceptors (Lipinski definition) is 4. The maximum absolute atomic E-state index is 13.3. The second-order valence-corrected chi connectivity index (χ2v) is 7.49. The lowest BCUT2D eigenvalue weighted by atomic mass is 10.1. The number of H-pyrrole nitrogens is 1. The van der Waals surface area contributed by atoms with E-state index in [0.717, 1.165) is 5.56 Å². The monoisotopic (exact) mass is 403 g/mol. The number of aromatic amines is 1. The lowest BCUT2D eigenvalue weighted by Gasteiger charge is -2.27. The molecule has 4 rings (SSSR count). The molecule has 1 saturated heterocycles. The van der Waals surface area contributed by atoms with Crippen molar-refractivity contribution in [3.8, 4) is 0 Å². The minimum atomic E-state index is -0.280. The van der Waals surface area contributed by atoms with Crippen LogP contribution in [0.5, 0.6) is 0 Å². The Morgan fingerprint density at radius 2 is 1.70 bits per heavy atom. The molecule has 1 aliphatic heterocycles. The van der Waals surface area contributed by atoms with Gasteiger partial charge in [0, 0.05) is 25.2 Å². The molecule has 2 amide bonds. The Hall–Kier alpha value is -3.48. The summed E-state index contributed by atoms with van der Waals surface area (Å²) in [6, 6.07) is 18.7. The number of carbonyl (C=O) groups is 2. The molecule has 1 aromatic heterocycles. The van der Waals surface area contributed by atoms with Crippen LogP contribution in [0.15, 0.2) is 60.7 Å². The number of rotatable bonds is 4. The topological polar surface area (TPSA) is 82.2 Å². The fourth-order valence-corrected chi connectivity index (χ4v) is 3.83. The van der Waals surface area contributed by atoms with Crippen molar-refractivity contribution in [2.45, 2.75) is 25.8 Å². The van der Waals surface area contributed by atoms with Gasteiger partial charge in [-0.05, 0) is 31.0 Å². The zero-order chi connectivity index (χ0) is 20.9. The van der Waals surface area contributed by atoms with Crippen molar-refractivity contribution in [3.05, 3.63) is 83.4 Å². The fourth-order valence-electron chi connectivity index (χ4n) is 3.83. The maximum Gasteiger partial charge on any atom is 0.254 e. The van der Waals surface area contributed by atoms with Gasteiger partial charge in [0.05, 0.1) is 12.5 Å². The summed E-state index contributed by atoms with van der Waals surface area (Å²) in [5, 5.41) is 7.18. The van der Waals surface area contributed by atoms with Crippen LogP contribution in [0.3, 0.4) is 0 Å². The Morgan fingerprint density at radius 1 is 1.00 bits per heavy atom. The average molecular weight is 403 g/mol. The number of carbonyl (C=O) groups excluding carboxylic acids is 2. The van der Waals surface area contributed by atoms with Gasteiger partial charge in [0.1, 0.15) is 5.82 Å². The van der Waals surface area contributed by atoms with Crippen molar-refractivity contribution in [2.75, 3.05) is 19.6 Å². The quantitative estimate of drug-likeness (QED) is 0.726. The first-order chi connectivity index (χ1) is 14.6. The number of nitrogens with zero attached hydrogens (tertiary/aromatic N) is 4. The minimum absolute atomic E-state index is 0.0691. The standard InChI is InChI=1S/C23H25N5O2/c1-17-24-22(26-25-17)20-12-13-27(21(29)16-18-8-4-2-5-9-18)14-15-28(20)23(30)19-10-6-3-7-11-19/h2-11,20H,12-16H2,1H3,(H,24,25,26). The van der Waals surface area contributed by atoms with Crippen LogP contribution < -0.4 is 0 Å². The zero-order valence-electron chi connectivity index (χ0n) is 17.0. The van der Waals surface area contributed by atoms with Crippen LogP contribution in [0.1, 0.15) is 40.0 Å². The predicted molar refractivity (Wildman–Crippen MR) is 113 cm³/mol. The molecule has 2 aromatic carbocycles. The van der Waals surface area contributed by atoms with Crippen LogP contribution in [-0.2, 0) is 11.2 Å². The Morgan fingerprint density at radius 3 is 2.37 bits per heavy atom. The van der Waals surface area contributed by atoms with E-state index in [1.807, 2.05) is 72.5 Å². The molecule has 0 aliphatic carbocycles. The maximum atomic E-state index is 13.3. The first kappa shape index (κ1) is 19.8. The molecular formula is C23H25N5O2. The number of aromatic nitrogens is 3. The van der Waals surface area contributed by atoms with Gasteiger partial charge < -0.3 is 9.80 Å². The highest BCUT2D eigenvalue weighted by Crippen LogP contribution is 2.26. The molecule has 0 saturated carbocycles. The normalized spacial score (nSPS) is 16.9. The van der Waals surface area contributed by atoms with E-state index in [-0.39, 0.29) is 17.9 Å². The molecule has 7 heteroatoms. The zero-order valence-corrected chi connectivity index (χ0v) is 17.0. The number of hydrogen-bond donors (Lipinski definition) is 1. The van der Waals surface area contributed by atoms with Crippen LogP contribution >= 0.6 is 0 Å². The van der Waals surface area contributed by atoms with Crippen molar-refractivity contribution in [1.29, 1.82) is 0 Å². The predicted octanol–water partition coefficient (Wildman–Crippen LogP) is 2.77. The van der Waals surface area contributed by atoms with Gasteiger partial charge in [-0.25, -0.2) is 4.98 Å². The van der Waals surface area contributed by atoms with Crippen molar-refractivity contribution in [3.63, 3.8) is 0 Å². The van der Waals surface area contributed by atoms with E-state index >= 15 is 0 Å². The summed E-state index contributed by atoms with van der Waals surface area (Å²) in [5.74, 6) is 1.30. The van der Waals surface area contributed by atoms with Crippen LogP contribution in [0, 0.1) is 6.92 Å². The molecule has 30 heavy (non-hydrogen) atoms. The largest absolute Gasteiger partial charge is 0.341 e. The molecule has 1 N–H and O–H groups in total. The third-order valence-electron chi connectivity index (χ3n) is 5.40. The Labute approximate surface area is 175 Å². The molecule has 1 atom stereocenters. The second-order valence-electron chi connectivity index (χ2n) is 7.49. The van der Waals surface area contributed by atoms with E-state index in [1.54, 1.807) is 4.90 Å². The summed E-state index contributed by atoms with van der Waals surface area (Å²) in [6.45, 7) is 3.32. The summed E-state index contributed by atoms with van der Waals surface area (Å²) in [7, 11) is 0. The van der Waals surface area contributed by atoms with Gasteiger partial charge in [0.15, 0.2) is 5.82 Å². The summed E-state index contributed by atoms with van der Waals surface area (Å²) >= 11 is 0. The summed E-state index contributed by atoms with van der Waals surface area (Å²) in [6.07, 6.45) is 0.953. The van der Waals surface area contributed by atoms with Crippen LogP contribution in [0.25, 0.3) is 0 Å². The van der Waals surface area contributed by atoms with Crippen LogP contribution in [0.2, 0.25) is 0 Å². The van der Waals surface area contributed by atoms with Crippen molar-refractivity contribution in [2.24, 2.45) is 0 Å². The fraction of sp³-hybridized carbons (Fsp3) is 0.304. The summed E-state index contributed by atoms with van der Waals surface area (Å²) < 4.78 is 0. The number of nitrogens with one attached hydrogen (secondary N) is 1. The van der Waals surface area contributed by atoms with Crippen molar-refractivity contribution >= 4 is 11.8 Å². The van der Waals surface area contributed by atoms with Crippen LogP contribution in [-0.4, -0.2) is 56.4 Å². The van der Waals surface area contributed by atoms with Gasteiger partial charge in [-0.1, -0.05) is 48.5 Å². The van der Waals surface area contributed by atoms with Crippen LogP contribution in [0.4, 0.5) is 0 Å². The molecule has 0 spiro atoms. The van der Waals surface area contributed by atoms with E-state index in [4.69, 9.17) is 0 Å². The Balaban J connectivity index is 1.55. The summed E-state index contributed by atoms with van der Waals surface area (Å²) in [4.78, 5) is 34.3. The van der Waals surface area contributed by atoms with E-state index < -0.39 is 0 Å². The number of amides is 2. The second kappa shape index (κ2) is 8.90. The lowest BCUT2D eigenvalue weighted by molar-refractivity contribution is -0.130. The highest BCUT2D eigenvalue weighted by atomic mass is 16.2. The molecule has 1 unspecified atom stereocenters. The van der Waals surface area contributed by atoms with E-state index in [2.05, 4.69) is 15.2 Å². The van der Waals surface area contributed by atoms with Gasteiger partial charge in [-0.15, -0.1) is 0 Å².